The fourth-order valence-corrected chi connectivity index (χ4v) is 3.06. The van der Waals surface area contributed by atoms with E-state index in [1.807, 2.05) is 0 Å². The summed E-state index contributed by atoms with van der Waals surface area (Å²) in [5.74, 6) is -1.17. The van der Waals surface area contributed by atoms with Crippen molar-refractivity contribution in [2.24, 2.45) is 5.92 Å². The van der Waals surface area contributed by atoms with E-state index in [4.69, 9.17) is 9.47 Å². The molecule has 3 unspecified atom stereocenters. The lowest BCUT2D eigenvalue weighted by Crippen LogP contribution is -2.51. The van der Waals surface area contributed by atoms with Crippen LogP contribution in [0.3, 0.4) is 0 Å². The summed E-state index contributed by atoms with van der Waals surface area (Å²) < 4.78 is 11.2. The molecule has 2 heterocycles. The first-order chi connectivity index (χ1) is 9.61. The van der Waals surface area contributed by atoms with Gasteiger partial charge >= 0.3 is 5.97 Å². The number of carboxylic acids is 1. The van der Waals surface area contributed by atoms with E-state index < -0.39 is 11.9 Å². The monoisotopic (exact) mass is 286 g/mol. The fraction of sp³-hybridized carbons (Fsp3) is 0.929. The number of hydrogen-bond acceptors (Lipinski definition) is 5. The number of nitrogens with zero attached hydrogens (tertiary/aromatic N) is 2. The summed E-state index contributed by atoms with van der Waals surface area (Å²) in [7, 11) is 2.10. The van der Waals surface area contributed by atoms with Crippen molar-refractivity contribution in [3.63, 3.8) is 0 Å². The van der Waals surface area contributed by atoms with Gasteiger partial charge in [-0.05, 0) is 20.0 Å². The molecule has 0 aliphatic carbocycles. The molecule has 0 amide bonds. The van der Waals surface area contributed by atoms with Gasteiger partial charge in [-0.3, -0.25) is 9.69 Å². The molecule has 2 aliphatic rings. The lowest BCUT2D eigenvalue weighted by atomic mass is 10.0. The van der Waals surface area contributed by atoms with Gasteiger partial charge in [-0.2, -0.15) is 0 Å². The second-order valence-corrected chi connectivity index (χ2v) is 5.80. The summed E-state index contributed by atoms with van der Waals surface area (Å²) in [6.07, 6.45) is 1.17. The Kier molecular flexibility index (Phi) is 5.77. The molecule has 3 atom stereocenters. The van der Waals surface area contributed by atoms with Crippen LogP contribution in [0.2, 0.25) is 0 Å². The molecule has 2 fully saturated rings. The second kappa shape index (κ2) is 7.36. The maximum Gasteiger partial charge on any atom is 0.310 e. The Hall–Kier alpha value is -0.690. The zero-order chi connectivity index (χ0) is 14.5. The van der Waals surface area contributed by atoms with E-state index in [2.05, 4.69) is 23.8 Å². The quantitative estimate of drug-likeness (QED) is 0.749. The maximum absolute atomic E-state index is 11.3. The molecule has 0 spiro atoms. The Morgan fingerprint density at radius 3 is 2.90 bits per heavy atom. The molecule has 0 aromatic carbocycles. The van der Waals surface area contributed by atoms with Crippen LogP contribution in [-0.4, -0.2) is 86.1 Å². The number of aliphatic carboxylic acids is 1. The zero-order valence-corrected chi connectivity index (χ0v) is 12.5. The molecule has 0 aromatic rings. The number of carbonyl (C=O) groups is 1. The molecule has 0 aromatic heterocycles. The summed E-state index contributed by atoms with van der Waals surface area (Å²) in [5.41, 5.74) is 0. The highest BCUT2D eigenvalue weighted by Crippen LogP contribution is 2.21. The van der Waals surface area contributed by atoms with E-state index in [0.717, 1.165) is 39.2 Å². The largest absolute Gasteiger partial charge is 0.481 e. The first kappa shape index (κ1) is 15.7. The third kappa shape index (κ3) is 3.91. The third-order valence-electron chi connectivity index (χ3n) is 4.13. The van der Waals surface area contributed by atoms with Crippen molar-refractivity contribution in [3.05, 3.63) is 0 Å². The van der Waals surface area contributed by atoms with Crippen molar-refractivity contribution in [2.75, 3.05) is 53.0 Å². The van der Waals surface area contributed by atoms with Gasteiger partial charge in [0.05, 0.1) is 31.8 Å². The molecule has 116 valence electrons. The first-order valence-corrected chi connectivity index (χ1v) is 7.46. The Labute approximate surface area is 120 Å². The molecule has 0 radical (unpaired) electrons. The smallest absolute Gasteiger partial charge is 0.310 e. The van der Waals surface area contributed by atoms with E-state index in [9.17, 15) is 9.90 Å². The number of morpholine rings is 1. The number of ether oxygens (including phenoxy) is 2. The van der Waals surface area contributed by atoms with Gasteiger partial charge in [0.2, 0.25) is 0 Å². The van der Waals surface area contributed by atoms with E-state index in [-0.39, 0.29) is 12.1 Å². The van der Waals surface area contributed by atoms with Crippen molar-refractivity contribution in [3.8, 4) is 0 Å². The highest BCUT2D eigenvalue weighted by Gasteiger charge is 2.38. The lowest BCUT2D eigenvalue weighted by molar-refractivity contribution is -0.143. The van der Waals surface area contributed by atoms with E-state index in [0.29, 0.717) is 13.2 Å². The van der Waals surface area contributed by atoms with Gasteiger partial charge in [0.15, 0.2) is 0 Å². The van der Waals surface area contributed by atoms with Crippen LogP contribution in [0, 0.1) is 5.92 Å². The minimum Gasteiger partial charge on any atom is -0.481 e. The van der Waals surface area contributed by atoms with Gasteiger partial charge in [-0.1, -0.05) is 6.92 Å². The molecule has 20 heavy (non-hydrogen) atoms. The topological polar surface area (TPSA) is 62.2 Å². The minimum absolute atomic E-state index is 0.0247. The summed E-state index contributed by atoms with van der Waals surface area (Å²) in [5, 5.41) is 9.30. The van der Waals surface area contributed by atoms with Crippen molar-refractivity contribution >= 4 is 5.97 Å². The van der Waals surface area contributed by atoms with Gasteiger partial charge < -0.3 is 19.5 Å². The Morgan fingerprint density at radius 1 is 1.45 bits per heavy atom. The minimum atomic E-state index is -0.754. The second-order valence-electron chi connectivity index (χ2n) is 5.80. The van der Waals surface area contributed by atoms with Crippen LogP contribution in [0.15, 0.2) is 0 Å². The molecule has 6 nitrogen and oxygen atoms in total. The zero-order valence-electron chi connectivity index (χ0n) is 12.5. The lowest BCUT2D eigenvalue weighted by Gasteiger charge is -2.36. The fourth-order valence-electron chi connectivity index (χ4n) is 3.06. The van der Waals surface area contributed by atoms with Crippen molar-refractivity contribution in [2.45, 2.75) is 25.5 Å². The Morgan fingerprint density at radius 2 is 2.25 bits per heavy atom. The molecule has 2 aliphatic heterocycles. The number of hydrogen-bond donors (Lipinski definition) is 1. The SMILES string of the molecule is CCCN(CC1CN(C)CCO1)C1COCC1C(=O)O. The van der Waals surface area contributed by atoms with Crippen LogP contribution < -0.4 is 0 Å². The van der Waals surface area contributed by atoms with E-state index in [1.165, 1.54) is 0 Å². The maximum atomic E-state index is 11.3. The van der Waals surface area contributed by atoms with E-state index >= 15 is 0 Å². The van der Waals surface area contributed by atoms with Crippen molar-refractivity contribution in [1.82, 2.24) is 9.80 Å². The molecule has 1 N–H and O–H groups in total. The molecular weight excluding hydrogens is 260 g/mol. The predicted octanol–water partition coefficient (Wildman–Crippen LogP) is 0.129. The van der Waals surface area contributed by atoms with E-state index in [1.54, 1.807) is 0 Å². The predicted molar refractivity (Wildman–Crippen MR) is 74.8 cm³/mol. The number of carboxylic acid groups (broad SMARTS) is 1. The van der Waals surface area contributed by atoms with Crippen LogP contribution in [-0.2, 0) is 14.3 Å². The normalized spacial score (nSPS) is 31.9. The van der Waals surface area contributed by atoms with Crippen LogP contribution in [0.25, 0.3) is 0 Å². The number of likely N-dealkylation sites (N-methyl/N-ethyl adjacent to an activating group) is 1. The molecule has 2 rings (SSSR count). The molecular formula is C14H26N2O4. The Balaban J connectivity index is 1.97. The van der Waals surface area contributed by atoms with Gasteiger partial charge in [0, 0.05) is 25.7 Å². The third-order valence-corrected chi connectivity index (χ3v) is 4.13. The summed E-state index contributed by atoms with van der Waals surface area (Å²) in [4.78, 5) is 15.8. The van der Waals surface area contributed by atoms with Gasteiger partial charge in [0.1, 0.15) is 0 Å². The van der Waals surface area contributed by atoms with Crippen LogP contribution in [0.1, 0.15) is 13.3 Å². The highest BCUT2D eigenvalue weighted by molar-refractivity contribution is 5.71. The van der Waals surface area contributed by atoms with Gasteiger partial charge in [-0.15, -0.1) is 0 Å². The van der Waals surface area contributed by atoms with Gasteiger partial charge in [-0.25, -0.2) is 0 Å². The molecule has 0 saturated carbocycles. The molecule has 6 heteroatoms. The molecule has 0 bridgehead atoms. The van der Waals surface area contributed by atoms with Gasteiger partial charge in [0.25, 0.3) is 0 Å². The van der Waals surface area contributed by atoms with Crippen molar-refractivity contribution < 1.29 is 19.4 Å². The highest BCUT2D eigenvalue weighted by atomic mass is 16.5. The first-order valence-electron chi connectivity index (χ1n) is 7.46. The summed E-state index contributed by atoms with van der Waals surface area (Å²) in [6, 6.07) is -0.0247. The average molecular weight is 286 g/mol. The van der Waals surface area contributed by atoms with Crippen molar-refractivity contribution in [1.29, 1.82) is 0 Å². The standard InChI is InChI=1S/C14H26N2O4/c1-3-4-16(8-11-7-15(2)5-6-20-11)13-10-19-9-12(13)14(17)18/h11-13H,3-10H2,1-2H3,(H,17,18). The van der Waals surface area contributed by atoms with Crippen LogP contribution in [0.5, 0.6) is 0 Å². The summed E-state index contributed by atoms with van der Waals surface area (Å²) >= 11 is 0. The molecule has 2 saturated heterocycles. The van der Waals surface area contributed by atoms with Crippen LogP contribution >= 0.6 is 0 Å². The number of rotatable bonds is 6. The van der Waals surface area contributed by atoms with Crippen LogP contribution in [0.4, 0.5) is 0 Å². The summed E-state index contributed by atoms with van der Waals surface area (Å²) in [6.45, 7) is 7.26. The average Bonchev–Trinajstić information content (AvgIpc) is 2.87. The Bertz CT molecular complexity index is 326.